The summed E-state index contributed by atoms with van der Waals surface area (Å²) in [6.07, 6.45) is 1.03. The molecule has 3 N–H and O–H groups in total. The zero-order chi connectivity index (χ0) is 23.7. The largest absolute Gasteiger partial charge is 0.493 e. The van der Waals surface area contributed by atoms with Crippen LogP contribution in [0.4, 0.5) is 11.4 Å². The van der Waals surface area contributed by atoms with Crippen molar-refractivity contribution in [1.29, 1.82) is 0 Å². The first-order chi connectivity index (χ1) is 16.5. The van der Waals surface area contributed by atoms with E-state index >= 15 is 0 Å². The summed E-state index contributed by atoms with van der Waals surface area (Å²) >= 11 is 11.6. The van der Waals surface area contributed by atoms with Gasteiger partial charge >= 0.3 is 0 Å². The van der Waals surface area contributed by atoms with Crippen molar-refractivity contribution in [2.75, 3.05) is 11.9 Å². The molecule has 1 aromatic heterocycles. The van der Waals surface area contributed by atoms with E-state index in [0.717, 1.165) is 41.7 Å². The van der Waals surface area contributed by atoms with Crippen LogP contribution in [0.2, 0.25) is 5.02 Å². The summed E-state index contributed by atoms with van der Waals surface area (Å²) < 4.78 is 1.92. The Morgan fingerprint density at radius 1 is 1.09 bits per heavy atom. The topological polar surface area (TPSA) is 66.4 Å². The molecule has 1 aliphatic heterocycles. The number of anilines is 1. The van der Waals surface area contributed by atoms with Gasteiger partial charge in [0, 0.05) is 28.1 Å². The molecule has 3 aromatic carbocycles. The molecule has 0 saturated heterocycles. The minimum absolute atomic E-state index is 0.0954. The van der Waals surface area contributed by atoms with Gasteiger partial charge in [-0.15, -0.1) is 10.2 Å². The Kier molecular flexibility index (Phi) is 6.32. The number of para-hydroxylation sites is 1. The Bertz CT molecular complexity index is 1410. The molecular formula is C26H25ClN5OS+. The van der Waals surface area contributed by atoms with Gasteiger partial charge in [0.15, 0.2) is 12.4 Å². The van der Waals surface area contributed by atoms with Crippen molar-refractivity contribution >= 4 is 51.2 Å². The summed E-state index contributed by atoms with van der Waals surface area (Å²) in [6, 6.07) is 22.0. The van der Waals surface area contributed by atoms with Crippen LogP contribution >= 0.6 is 23.8 Å². The van der Waals surface area contributed by atoms with Crippen LogP contribution in [0.5, 0.6) is 5.88 Å². The van der Waals surface area contributed by atoms with E-state index in [1.165, 1.54) is 16.0 Å². The monoisotopic (exact) mass is 490 g/mol. The van der Waals surface area contributed by atoms with Crippen molar-refractivity contribution in [2.24, 2.45) is 10.2 Å². The number of benzene rings is 3. The van der Waals surface area contributed by atoms with Crippen molar-refractivity contribution in [3.05, 3.63) is 88.4 Å². The second-order valence-electron chi connectivity index (χ2n) is 8.51. The molecule has 8 heteroatoms. The third kappa shape index (κ3) is 4.42. The molecule has 6 nitrogen and oxygen atoms in total. The van der Waals surface area contributed by atoms with Gasteiger partial charge in [-0.1, -0.05) is 60.1 Å². The molecule has 5 rings (SSSR count). The lowest BCUT2D eigenvalue weighted by Gasteiger charge is -2.26. The Morgan fingerprint density at radius 2 is 1.85 bits per heavy atom. The van der Waals surface area contributed by atoms with Crippen LogP contribution < -0.4 is 10.2 Å². The van der Waals surface area contributed by atoms with Crippen LogP contribution in [-0.2, 0) is 19.6 Å². The molecule has 1 aliphatic rings. The van der Waals surface area contributed by atoms with E-state index < -0.39 is 0 Å². The molecule has 0 aliphatic carbocycles. The fourth-order valence-electron chi connectivity index (χ4n) is 4.51. The van der Waals surface area contributed by atoms with Crippen LogP contribution in [0.15, 0.2) is 77.0 Å². The third-order valence-corrected chi connectivity index (χ3v) is 6.95. The number of thiocarbonyl (C=S) groups is 1. The third-order valence-electron chi connectivity index (χ3n) is 6.36. The van der Waals surface area contributed by atoms with E-state index in [1.807, 2.05) is 54.0 Å². The van der Waals surface area contributed by atoms with Gasteiger partial charge in [-0.2, -0.15) is 0 Å². The molecule has 0 radical (unpaired) electrons. The lowest BCUT2D eigenvalue weighted by Crippen LogP contribution is -3.11. The van der Waals surface area contributed by atoms with Gasteiger partial charge in [0.2, 0.25) is 11.0 Å². The van der Waals surface area contributed by atoms with Crippen molar-refractivity contribution in [1.82, 2.24) is 4.57 Å². The first-order valence-corrected chi connectivity index (χ1v) is 12.0. The number of azo groups is 1. The molecule has 0 saturated carbocycles. The van der Waals surface area contributed by atoms with Crippen LogP contribution in [0.25, 0.3) is 10.9 Å². The molecule has 34 heavy (non-hydrogen) atoms. The summed E-state index contributed by atoms with van der Waals surface area (Å²) in [4.78, 5) is 1.38. The Labute approximate surface area is 208 Å². The molecule has 1 atom stereocenters. The van der Waals surface area contributed by atoms with E-state index in [1.54, 1.807) is 0 Å². The Hall–Kier alpha value is -3.26. The lowest BCUT2D eigenvalue weighted by molar-refractivity contribution is -0.938. The van der Waals surface area contributed by atoms with E-state index in [9.17, 15) is 5.11 Å². The summed E-state index contributed by atoms with van der Waals surface area (Å²) in [5.41, 5.74) is 5.78. The first-order valence-electron chi connectivity index (χ1n) is 11.2. The number of rotatable bonds is 4. The number of aromatic hydroxyl groups is 1. The van der Waals surface area contributed by atoms with E-state index in [-0.39, 0.29) is 11.0 Å². The predicted octanol–water partition coefficient (Wildman–Crippen LogP) is 5.39. The fourth-order valence-corrected chi connectivity index (χ4v) is 4.84. The maximum Gasteiger partial charge on any atom is 0.225 e. The molecule has 172 valence electrons. The normalized spacial score (nSPS) is 15.5. The number of fused-ring (bicyclic) bond motifs is 2. The standard InChI is InChI=1S/C26H24ClN5OS/c1-17-21(27)10-6-11-22(17)28-26(34)30-29-24-20-9-4-5-12-23(20)32(25(24)33)16-31-14-13-18-7-2-3-8-19(18)15-31/h2-12,33H,13-16H2,1H3,(H,28,34)/p+1. The van der Waals surface area contributed by atoms with Crippen LogP contribution in [0, 0.1) is 6.92 Å². The zero-order valence-corrected chi connectivity index (χ0v) is 20.3. The molecule has 0 fully saturated rings. The van der Waals surface area contributed by atoms with E-state index in [2.05, 4.69) is 39.8 Å². The maximum absolute atomic E-state index is 11.1. The van der Waals surface area contributed by atoms with E-state index in [4.69, 9.17) is 23.8 Å². The predicted molar refractivity (Wildman–Crippen MR) is 140 cm³/mol. The average Bonchev–Trinajstić information content (AvgIpc) is 3.11. The number of nitrogens with one attached hydrogen (secondary N) is 2. The Balaban J connectivity index is 1.40. The van der Waals surface area contributed by atoms with Gasteiger partial charge in [-0.3, -0.25) is 4.57 Å². The second-order valence-corrected chi connectivity index (χ2v) is 9.31. The Morgan fingerprint density at radius 3 is 2.71 bits per heavy atom. The van der Waals surface area contributed by atoms with E-state index in [0.29, 0.717) is 17.4 Å². The highest BCUT2D eigenvalue weighted by Gasteiger charge is 2.23. The van der Waals surface area contributed by atoms with Gasteiger partial charge in [-0.25, -0.2) is 0 Å². The fraction of sp³-hybridized carbons (Fsp3) is 0.192. The molecule has 4 aromatic rings. The minimum Gasteiger partial charge on any atom is -0.493 e. The number of halogens is 1. The van der Waals surface area contributed by atoms with Gasteiger partial charge < -0.3 is 15.3 Å². The zero-order valence-electron chi connectivity index (χ0n) is 18.8. The first kappa shape index (κ1) is 22.5. The summed E-state index contributed by atoms with van der Waals surface area (Å²) in [5, 5.41) is 24.4. The molecule has 2 heterocycles. The molecule has 0 bridgehead atoms. The van der Waals surface area contributed by atoms with Crippen molar-refractivity contribution in [2.45, 2.75) is 26.6 Å². The van der Waals surface area contributed by atoms with Gasteiger partial charge in [0.05, 0.1) is 12.1 Å². The summed E-state index contributed by atoms with van der Waals surface area (Å²) in [6.45, 7) is 4.48. The number of quaternary nitrogens is 1. The number of aromatic nitrogens is 1. The van der Waals surface area contributed by atoms with Crippen LogP contribution in [-0.4, -0.2) is 21.3 Å². The second kappa shape index (κ2) is 9.54. The number of nitrogens with zero attached hydrogens (tertiary/aromatic N) is 3. The minimum atomic E-state index is 0.0954. The number of hydrogen-bond donors (Lipinski definition) is 3. The van der Waals surface area contributed by atoms with Gasteiger partial charge in [0.25, 0.3) is 0 Å². The maximum atomic E-state index is 11.1. The molecule has 0 spiro atoms. The van der Waals surface area contributed by atoms with Crippen molar-refractivity contribution in [3.63, 3.8) is 0 Å². The quantitative estimate of drug-likeness (QED) is 0.265. The van der Waals surface area contributed by atoms with Gasteiger partial charge in [0.1, 0.15) is 6.54 Å². The highest BCUT2D eigenvalue weighted by molar-refractivity contribution is 7.80. The molecular weight excluding hydrogens is 466 g/mol. The van der Waals surface area contributed by atoms with Crippen molar-refractivity contribution < 1.29 is 10.0 Å². The van der Waals surface area contributed by atoms with Crippen LogP contribution in [0.1, 0.15) is 16.7 Å². The van der Waals surface area contributed by atoms with Crippen LogP contribution in [0.3, 0.4) is 0 Å². The molecule has 1 unspecified atom stereocenters. The molecule has 0 amide bonds. The number of hydrogen-bond acceptors (Lipinski definition) is 3. The summed E-state index contributed by atoms with van der Waals surface area (Å²) in [5.74, 6) is 0.0954. The smallest absolute Gasteiger partial charge is 0.225 e. The van der Waals surface area contributed by atoms with Crippen molar-refractivity contribution in [3.8, 4) is 5.88 Å². The average molecular weight is 491 g/mol. The van der Waals surface area contributed by atoms with Gasteiger partial charge in [-0.05, 0) is 48.5 Å². The summed E-state index contributed by atoms with van der Waals surface area (Å²) in [7, 11) is 0. The SMILES string of the molecule is Cc1c(Cl)cccc1NC(=S)N=Nc1c(O)n(C[NH+]2CCc3ccccc3C2)c2ccccc12. The lowest BCUT2D eigenvalue weighted by atomic mass is 10.0. The highest BCUT2D eigenvalue weighted by atomic mass is 35.5. The highest BCUT2D eigenvalue weighted by Crippen LogP contribution is 2.38.